The largest absolute Gasteiger partial charge is 0.368 e. The van der Waals surface area contributed by atoms with Crippen molar-refractivity contribution in [1.29, 1.82) is 0 Å². The monoisotopic (exact) mass is 204 g/mol. The number of amides is 2. The van der Waals surface area contributed by atoms with Crippen molar-refractivity contribution in [3.8, 4) is 0 Å². The lowest BCUT2D eigenvalue weighted by molar-refractivity contribution is -0.127. The molecule has 4 nitrogen and oxygen atoms in total. The van der Waals surface area contributed by atoms with Gasteiger partial charge in [-0.15, -0.1) is 0 Å². The Morgan fingerprint density at radius 3 is 2.54 bits per heavy atom. The van der Waals surface area contributed by atoms with E-state index in [9.17, 15) is 9.59 Å². The Morgan fingerprint density at radius 1 is 1.54 bits per heavy atom. The van der Waals surface area contributed by atoms with E-state index in [4.69, 9.17) is 5.73 Å². The van der Waals surface area contributed by atoms with Gasteiger partial charge in [-0.1, -0.05) is 6.92 Å². The van der Waals surface area contributed by atoms with Crippen molar-refractivity contribution in [2.45, 2.75) is 25.8 Å². The Balaban J connectivity index is 3.94. The van der Waals surface area contributed by atoms with Crippen LogP contribution in [-0.2, 0) is 9.59 Å². The highest BCUT2D eigenvalue weighted by Gasteiger charge is 2.15. The highest BCUT2D eigenvalue weighted by atomic mass is 32.2. The van der Waals surface area contributed by atoms with Crippen LogP contribution < -0.4 is 11.1 Å². The zero-order valence-corrected chi connectivity index (χ0v) is 8.82. The van der Waals surface area contributed by atoms with Crippen molar-refractivity contribution >= 4 is 23.6 Å². The molecule has 2 amide bonds. The van der Waals surface area contributed by atoms with Crippen molar-refractivity contribution in [2.75, 3.05) is 12.0 Å². The fourth-order valence-corrected chi connectivity index (χ4v) is 1.29. The summed E-state index contributed by atoms with van der Waals surface area (Å²) in [6.07, 6.45) is 2.92. The quantitative estimate of drug-likeness (QED) is 0.645. The van der Waals surface area contributed by atoms with E-state index >= 15 is 0 Å². The molecule has 13 heavy (non-hydrogen) atoms. The third-order valence-corrected chi connectivity index (χ3v) is 2.25. The van der Waals surface area contributed by atoms with Gasteiger partial charge in [-0.2, -0.15) is 11.8 Å². The van der Waals surface area contributed by atoms with Crippen molar-refractivity contribution in [3.63, 3.8) is 0 Å². The first kappa shape index (κ1) is 12.3. The van der Waals surface area contributed by atoms with E-state index < -0.39 is 11.9 Å². The Hall–Kier alpha value is -0.710. The van der Waals surface area contributed by atoms with E-state index in [1.807, 2.05) is 6.26 Å². The van der Waals surface area contributed by atoms with Gasteiger partial charge in [-0.3, -0.25) is 9.59 Å². The number of rotatable bonds is 6. The molecular formula is C8H16N2O2S. The standard InChI is InChI=1S/C8H16N2O2S/c1-3-7(11)10-6(8(9)12)4-5-13-2/h6H,3-5H2,1-2H3,(H2,9,12)(H,10,11)/t6-/m0/s1. The number of carbonyl (C=O) groups is 2. The maximum absolute atomic E-state index is 11.0. The van der Waals surface area contributed by atoms with Gasteiger partial charge in [0.05, 0.1) is 0 Å². The summed E-state index contributed by atoms with van der Waals surface area (Å²) in [5, 5.41) is 2.57. The van der Waals surface area contributed by atoms with E-state index in [1.165, 1.54) is 0 Å². The minimum atomic E-state index is -0.514. The molecular weight excluding hydrogens is 188 g/mol. The molecule has 0 aromatic carbocycles. The van der Waals surface area contributed by atoms with E-state index in [-0.39, 0.29) is 5.91 Å². The summed E-state index contributed by atoms with van der Waals surface area (Å²) in [4.78, 5) is 21.8. The second-order valence-corrected chi connectivity index (χ2v) is 3.64. The van der Waals surface area contributed by atoms with Gasteiger partial charge >= 0.3 is 0 Å². The topological polar surface area (TPSA) is 72.2 Å². The van der Waals surface area contributed by atoms with Gasteiger partial charge < -0.3 is 11.1 Å². The van der Waals surface area contributed by atoms with Crippen molar-refractivity contribution in [1.82, 2.24) is 5.32 Å². The normalized spacial score (nSPS) is 12.2. The zero-order valence-electron chi connectivity index (χ0n) is 8.00. The van der Waals surface area contributed by atoms with Crippen LogP contribution >= 0.6 is 11.8 Å². The van der Waals surface area contributed by atoms with Gasteiger partial charge in [-0.25, -0.2) is 0 Å². The van der Waals surface area contributed by atoms with Gasteiger partial charge in [0.25, 0.3) is 0 Å². The molecule has 3 N–H and O–H groups in total. The zero-order chi connectivity index (χ0) is 10.3. The number of hydrogen-bond donors (Lipinski definition) is 2. The Kier molecular flexibility index (Phi) is 6.40. The third-order valence-electron chi connectivity index (χ3n) is 1.61. The van der Waals surface area contributed by atoms with Crippen LogP contribution in [0.1, 0.15) is 19.8 Å². The molecule has 0 unspecified atom stereocenters. The van der Waals surface area contributed by atoms with Crippen molar-refractivity contribution < 1.29 is 9.59 Å². The highest BCUT2D eigenvalue weighted by molar-refractivity contribution is 7.98. The number of carbonyl (C=O) groups excluding carboxylic acids is 2. The van der Waals surface area contributed by atoms with Crippen LogP contribution in [0.3, 0.4) is 0 Å². The molecule has 0 heterocycles. The van der Waals surface area contributed by atoms with E-state index in [1.54, 1.807) is 18.7 Å². The maximum Gasteiger partial charge on any atom is 0.240 e. The smallest absolute Gasteiger partial charge is 0.240 e. The van der Waals surface area contributed by atoms with Gasteiger partial charge in [-0.05, 0) is 18.4 Å². The second kappa shape index (κ2) is 6.77. The predicted octanol–water partition coefficient (Wildman–Crippen LogP) is 0.120. The highest BCUT2D eigenvalue weighted by Crippen LogP contribution is 2.00. The first-order valence-electron chi connectivity index (χ1n) is 4.19. The summed E-state index contributed by atoms with van der Waals surface area (Å²) in [7, 11) is 0. The molecule has 5 heteroatoms. The van der Waals surface area contributed by atoms with Gasteiger partial charge in [0.2, 0.25) is 11.8 Å². The summed E-state index contributed by atoms with van der Waals surface area (Å²) in [6, 6.07) is -0.514. The Labute approximate surface area is 82.6 Å². The summed E-state index contributed by atoms with van der Waals surface area (Å²) < 4.78 is 0. The molecule has 0 bridgehead atoms. The fraction of sp³-hybridized carbons (Fsp3) is 0.750. The van der Waals surface area contributed by atoms with Gasteiger partial charge in [0.15, 0.2) is 0 Å². The van der Waals surface area contributed by atoms with Crippen molar-refractivity contribution in [3.05, 3.63) is 0 Å². The molecule has 76 valence electrons. The van der Waals surface area contributed by atoms with E-state index in [0.717, 1.165) is 5.75 Å². The Morgan fingerprint density at radius 2 is 2.15 bits per heavy atom. The minimum Gasteiger partial charge on any atom is -0.368 e. The van der Waals surface area contributed by atoms with Crippen LogP contribution in [0.5, 0.6) is 0 Å². The SMILES string of the molecule is CCC(=O)N[C@@H](CCSC)C(N)=O. The second-order valence-electron chi connectivity index (χ2n) is 2.66. The van der Waals surface area contributed by atoms with Crippen LogP contribution in [-0.4, -0.2) is 29.9 Å². The van der Waals surface area contributed by atoms with Gasteiger partial charge in [0, 0.05) is 6.42 Å². The van der Waals surface area contributed by atoms with Crippen LogP contribution in [0.4, 0.5) is 0 Å². The summed E-state index contributed by atoms with van der Waals surface area (Å²) in [5.74, 6) is 0.221. The maximum atomic E-state index is 11.0. The molecule has 0 radical (unpaired) electrons. The number of nitrogens with one attached hydrogen (secondary N) is 1. The summed E-state index contributed by atoms with van der Waals surface area (Å²) in [5.41, 5.74) is 5.12. The van der Waals surface area contributed by atoms with Crippen LogP contribution in [0.2, 0.25) is 0 Å². The molecule has 0 fully saturated rings. The molecule has 0 saturated carbocycles. The number of nitrogens with two attached hydrogens (primary N) is 1. The van der Waals surface area contributed by atoms with Gasteiger partial charge in [0.1, 0.15) is 6.04 Å². The average Bonchev–Trinajstić information content (AvgIpc) is 2.11. The third kappa shape index (κ3) is 5.52. The fourth-order valence-electron chi connectivity index (χ4n) is 0.818. The number of hydrogen-bond acceptors (Lipinski definition) is 3. The molecule has 0 saturated heterocycles. The molecule has 0 aliphatic rings. The lowest BCUT2D eigenvalue weighted by Gasteiger charge is -2.13. The van der Waals surface area contributed by atoms with Crippen LogP contribution in [0.25, 0.3) is 0 Å². The van der Waals surface area contributed by atoms with E-state index in [2.05, 4.69) is 5.32 Å². The lowest BCUT2D eigenvalue weighted by Crippen LogP contribution is -2.44. The Bertz CT molecular complexity index is 185. The molecule has 0 rings (SSSR count). The van der Waals surface area contributed by atoms with Crippen LogP contribution in [0.15, 0.2) is 0 Å². The minimum absolute atomic E-state index is 0.134. The average molecular weight is 204 g/mol. The molecule has 0 aliphatic carbocycles. The first-order chi connectivity index (χ1) is 6.11. The molecule has 0 spiro atoms. The summed E-state index contributed by atoms with van der Waals surface area (Å²) in [6.45, 7) is 1.74. The predicted molar refractivity (Wildman–Crippen MR) is 54.4 cm³/mol. The molecule has 0 aromatic rings. The van der Waals surface area contributed by atoms with E-state index in [0.29, 0.717) is 12.8 Å². The van der Waals surface area contributed by atoms with Crippen molar-refractivity contribution in [2.24, 2.45) is 5.73 Å². The lowest BCUT2D eigenvalue weighted by atomic mass is 10.2. The molecule has 0 aliphatic heterocycles. The molecule has 1 atom stereocenters. The molecule has 0 aromatic heterocycles. The number of thioether (sulfide) groups is 1. The van der Waals surface area contributed by atoms with Crippen LogP contribution in [0, 0.1) is 0 Å². The first-order valence-corrected chi connectivity index (χ1v) is 5.58. The summed E-state index contributed by atoms with van der Waals surface area (Å²) >= 11 is 1.62. The number of primary amides is 1.